The van der Waals surface area contributed by atoms with Crippen LogP contribution in [0, 0.1) is 0 Å². The Hall–Kier alpha value is -3.36. The zero-order chi connectivity index (χ0) is 21.6. The third-order valence-electron chi connectivity index (χ3n) is 6.21. The number of benzene rings is 4. The van der Waals surface area contributed by atoms with E-state index in [2.05, 4.69) is 108 Å². The molecule has 1 aliphatic heterocycles. The van der Waals surface area contributed by atoms with Crippen molar-refractivity contribution in [2.45, 2.75) is 12.8 Å². The summed E-state index contributed by atoms with van der Waals surface area (Å²) in [5.41, 5.74) is 7.34. The van der Waals surface area contributed by atoms with Gasteiger partial charge in [0.15, 0.2) is 0 Å². The van der Waals surface area contributed by atoms with Gasteiger partial charge in [-0.15, -0.1) is 0 Å². The summed E-state index contributed by atoms with van der Waals surface area (Å²) in [6, 6.07) is 36.6. The van der Waals surface area contributed by atoms with E-state index in [1.807, 2.05) is 0 Å². The van der Waals surface area contributed by atoms with Gasteiger partial charge in [-0.1, -0.05) is 72.8 Å². The number of ether oxygens (including phenoxy) is 1. The van der Waals surface area contributed by atoms with E-state index in [9.17, 15) is 0 Å². The molecule has 2 nitrogen and oxygen atoms in total. The third kappa shape index (κ3) is 4.92. The van der Waals surface area contributed by atoms with Crippen LogP contribution in [-0.2, 0) is 0 Å². The van der Waals surface area contributed by atoms with Crippen LogP contribution in [0.25, 0.3) is 33.4 Å². The van der Waals surface area contributed by atoms with Crippen molar-refractivity contribution >= 4 is 0 Å². The van der Waals surface area contributed by atoms with Gasteiger partial charge >= 0.3 is 0 Å². The van der Waals surface area contributed by atoms with Crippen LogP contribution in [0.4, 0.5) is 0 Å². The molecule has 4 aromatic rings. The molecule has 160 valence electrons. The van der Waals surface area contributed by atoms with E-state index in [-0.39, 0.29) is 0 Å². The minimum Gasteiger partial charge on any atom is -0.492 e. The first-order chi connectivity index (χ1) is 15.8. The second-order valence-electron chi connectivity index (χ2n) is 8.45. The molecular formula is C30H29NO. The summed E-state index contributed by atoms with van der Waals surface area (Å²) in [5.74, 6) is 0.940. The maximum Gasteiger partial charge on any atom is 0.119 e. The first kappa shape index (κ1) is 20.5. The molecule has 1 fully saturated rings. The Bertz CT molecular complexity index is 1070. The average Bonchev–Trinajstić information content (AvgIpc) is 3.39. The van der Waals surface area contributed by atoms with E-state index in [0.717, 1.165) is 18.9 Å². The van der Waals surface area contributed by atoms with E-state index in [1.165, 1.54) is 59.3 Å². The van der Waals surface area contributed by atoms with Crippen molar-refractivity contribution in [3.63, 3.8) is 0 Å². The minimum atomic E-state index is 0.751. The fourth-order valence-electron chi connectivity index (χ4n) is 4.43. The molecule has 1 heterocycles. The average molecular weight is 420 g/mol. The quantitative estimate of drug-likeness (QED) is 0.315. The highest BCUT2D eigenvalue weighted by Crippen LogP contribution is 2.33. The Morgan fingerprint density at radius 2 is 1.00 bits per heavy atom. The monoisotopic (exact) mass is 419 g/mol. The van der Waals surface area contributed by atoms with Gasteiger partial charge in [0, 0.05) is 6.54 Å². The van der Waals surface area contributed by atoms with Crippen molar-refractivity contribution in [3.8, 4) is 39.1 Å². The lowest BCUT2D eigenvalue weighted by Crippen LogP contribution is -2.25. The van der Waals surface area contributed by atoms with Crippen molar-refractivity contribution in [2.24, 2.45) is 0 Å². The lowest BCUT2D eigenvalue weighted by Gasteiger charge is -2.15. The first-order valence-corrected chi connectivity index (χ1v) is 11.6. The molecule has 0 saturated carbocycles. The lowest BCUT2D eigenvalue weighted by molar-refractivity contribution is 0.238. The molecule has 2 heteroatoms. The SMILES string of the molecule is c1ccc(-c2cc(-c3ccccc3)cc(-c3ccc(OCCN4CCCC4)cc3)c2)cc1. The zero-order valence-electron chi connectivity index (χ0n) is 18.4. The molecule has 0 radical (unpaired) electrons. The van der Waals surface area contributed by atoms with Gasteiger partial charge < -0.3 is 4.74 Å². The number of likely N-dealkylation sites (tertiary alicyclic amines) is 1. The number of hydrogen-bond acceptors (Lipinski definition) is 2. The summed E-state index contributed by atoms with van der Waals surface area (Å²) >= 11 is 0. The Morgan fingerprint density at radius 3 is 1.50 bits per heavy atom. The predicted molar refractivity (Wildman–Crippen MR) is 134 cm³/mol. The first-order valence-electron chi connectivity index (χ1n) is 11.6. The van der Waals surface area contributed by atoms with Crippen LogP contribution in [0.3, 0.4) is 0 Å². The van der Waals surface area contributed by atoms with Crippen LogP contribution in [0.1, 0.15) is 12.8 Å². The Labute approximate surface area is 191 Å². The number of rotatable bonds is 7. The van der Waals surface area contributed by atoms with E-state index in [0.29, 0.717) is 0 Å². The topological polar surface area (TPSA) is 12.5 Å². The lowest BCUT2D eigenvalue weighted by atomic mass is 9.93. The fourth-order valence-corrected chi connectivity index (χ4v) is 4.43. The van der Waals surface area contributed by atoms with Crippen LogP contribution >= 0.6 is 0 Å². The van der Waals surface area contributed by atoms with Gasteiger partial charge in [0.1, 0.15) is 12.4 Å². The van der Waals surface area contributed by atoms with Crippen molar-refractivity contribution in [1.29, 1.82) is 0 Å². The van der Waals surface area contributed by atoms with Crippen molar-refractivity contribution in [2.75, 3.05) is 26.2 Å². The molecule has 0 aliphatic carbocycles. The maximum absolute atomic E-state index is 6.00. The molecular weight excluding hydrogens is 390 g/mol. The fraction of sp³-hybridized carbons (Fsp3) is 0.200. The predicted octanol–water partition coefficient (Wildman–Crippen LogP) is 7.16. The Kier molecular flexibility index (Phi) is 6.32. The molecule has 32 heavy (non-hydrogen) atoms. The Balaban J connectivity index is 1.40. The van der Waals surface area contributed by atoms with Gasteiger partial charge in [0.2, 0.25) is 0 Å². The Morgan fingerprint density at radius 1 is 0.531 bits per heavy atom. The van der Waals surface area contributed by atoms with Gasteiger partial charge in [-0.2, -0.15) is 0 Å². The molecule has 4 aromatic carbocycles. The van der Waals surface area contributed by atoms with Gasteiger partial charge in [0.25, 0.3) is 0 Å². The summed E-state index contributed by atoms with van der Waals surface area (Å²) < 4.78 is 6.00. The van der Waals surface area contributed by atoms with Crippen molar-refractivity contribution in [1.82, 2.24) is 4.90 Å². The van der Waals surface area contributed by atoms with Crippen LogP contribution in [0.15, 0.2) is 103 Å². The molecule has 0 aromatic heterocycles. The summed E-state index contributed by atoms with van der Waals surface area (Å²) in [6.45, 7) is 4.19. The van der Waals surface area contributed by atoms with E-state index in [1.54, 1.807) is 0 Å². The van der Waals surface area contributed by atoms with E-state index >= 15 is 0 Å². The second kappa shape index (κ2) is 9.84. The van der Waals surface area contributed by atoms with Crippen molar-refractivity contribution < 1.29 is 4.74 Å². The third-order valence-corrected chi connectivity index (χ3v) is 6.21. The van der Waals surface area contributed by atoms with E-state index in [4.69, 9.17) is 4.74 Å². The number of hydrogen-bond donors (Lipinski definition) is 0. The van der Waals surface area contributed by atoms with Gasteiger partial charge in [-0.3, -0.25) is 4.90 Å². The molecule has 0 atom stereocenters. The summed E-state index contributed by atoms with van der Waals surface area (Å²) in [6.07, 6.45) is 2.64. The standard InChI is InChI=1S/C30H29NO/c1-3-9-24(10-4-1)27-21-28(25-11-5-2-6-12-25)23-29(22-27)26-13-15-30(16-14-26)32-20-19-31-17-7-8-18-31/h1-6,9-16,21-23H,7-8,17-20H2. The molecule has 0 N–H and O–H groups in total. The molecule has 1 saturated heterocycles. The summed E-state index contributed by atoms with van der Waals surface area (Å²) in [5, 5.41) is 0. The maximum atomic E-state index is 6.00. The van der Waals surface area contributed by atoms with Crippen LogP contribution < -0.4 is 4.74 Å². The molecule has 0 bridgehead atoms. The summed E-state index contributed by atoms with van der Waals surface area (Å²) in [7, 11) is 0. The van der Waals surface area contributed by atoms with Crippen LogP contribution in [0.5, 0.6) is 5.75 Å². The molecule has 1 aliphatic rings. The van der Waals surface area contributed by atoms with Crippen molar-refractivity contribution in [3.05, 3.63) is 103 Å². The van der Waals surface area contributed by atoms with Crippen LogP contribution in [0.2, 0.25) is 0 Å². The number of nitrogens with zero attached hydrogens (tertiary/aromatic N) is 1. The van der Waals surface area contributed by atoms with Gasteiger partial charge in [-0.05, 0) is 89.6 Å². The largest absolute Gasteiger partial charge is 0.492 e. The zero-order valence-corrected chi connectivity index (χ0v) is 18.4. The molecule has 0 unspecified atom stereocenters. The highest BCUT2D eigenvalue weighted by atomic mass is 16.5. The molecule has 0 amide bonds. The minimum absolute atomic E-state index is 0.751. The van der Waals surface area contributed by atoms with E-state index < -0.39 is 0 Å². The van der Waals surface area contributed by atoms with Gasteiger partial charge in [0.05, 0.1) is 0 Å². The highest BCUT2D eigenvalue weighted by Gasteiger charge is 2.11. The van der Waals surface area contributed by atoms with Crippen LogP contribution in [-0.4, -0.2) is 31.1 Å². The van der Waals surface area contributed by atoms with Gasteiger partial charge in [-0.25, -0.2) is 0 Å². The normalized spacial score (nSPS) is 13.9. The second-order valence-corrected chi connectivity index (χ2v) is 8.45. The molecule has 0 spiro atoms. The smallest absolute Gasteiger partial charge is 0.119 e. The molecule has 5 rings (SSSR count). The summed E-state index contributed by atoms with van der Waals surface area (Å²) in [4.78, 5) is 2.48. The highest BCUT2D eigenvalue weighted by molar-refractivity contribution is 5.81.